The second-order valence-electron chi connectivity index (χ2n) is 6.55. The fourth-order valence-electron chi connectivity index (χ4n) is 3.40. The summed E-state index contributed by atoms with van der Waals surface area (Å²) in [7, 11) is 1.93. The van der Waals surface area contributed by atoms with E-state index in [1.165, 1.54) is 32.1 Å². The highest BCUT2D eigenvalue weighted by molar-refractivity contribution is 5.79. The van der Waals surface area contributed by atoms with Crippen LogP contribution in [0.2, 0.25) is 0 Å². The fourth-order valence-corrected chi connectivity index (χ4v) is 3.40. The molecule has 1 saturated carbocycles. The van der Waals surface area contributed by atoms with Crippen molar-refractivity contribution in [3.8, 4) is 0 Å². The molecule has 1 aliphatic rings. The van der Waals surface area contributed by atoms with Gasteiger partial charge in [-0.15, -0.1) is 0 Å². The second-order valence-corrected chi connectivity index (χ2v) is 6.55. The van der Waals surface area contributed by atoms with Crippen molar-refractivity contribution in [2.45, 2.75) is 59.3 Å². The van der Waals surface area contributed by atoms with E-state index in [1.54, 1.807) is 0 Å². The monoisotopic (exact) mass is 291 g/mol. The van der Waals surface area contributed by atoms with Gasteiger partial charge in [-0.2, -0.15) is 5.10 Å². The van der Waals surface area contributed by atoms with Gasteiger partial charge in [-0.05, 0) is 38.5 Å². The van der Waals surface area contributed by atoms with Gasteiger partial charge in [0.05, 0.1) is 12.1 Å². The number of hydrogen-bond acceptors (Lipinski definition) is 2. The smallest absolute Gasteiger partial charge is 0.224 e. The van der Waals surface area contributed by atoms with Crippen molar-refractivity contribution in [1.82, 2.24) is 15.1 Å². The molecule has 0 bridgehead atoms. The summed E-state index contributed by atoms with van der Waals surface area (Å²) in [6.45, 7) is 7.12. The van der Waals surface area contributed by atoms with Crippen LogP contribution < -0.4 is 5.32 Å². The topological polar surface area (TPSA) is 46.9 Å². The lowest BCUT2D eigenvalue weighted by Gasteiger charge is -2.27. The van der Waals surface area contributed by atoms with Gasteiger partial charge in [0.2, 0.25) is 5.91 Å². The van der Waals surface area contributed by atoms with Crippen LogP contribution in [0.1, 0.15) is 56.0 Å². The minimum absolute atomic E-state index is 0.131. The summed E-state index contributed by atoms with van der Waals surface area (Å²) >= 11 is 0. The van der Waals surface area contributed by atoms with Gasteiger partial charge in [0, 0.05) is 24.8 Å². The number of nitrogens with one attached hydrogen (secondary N) is 1. The molecule has 118 valence electrons. The van der Waals surface area contributed by atoms with Crippen LogP contribution >= 0.6 is 0 Å². The molecule has 0 aliphatic heterocycles. The molecule has 4 nitrogen and oxygen atoms in total. The van der Waals surface area contributed by atoms with Crippen LogP contribution in [0.5, 0.6) is 0 Å². The van der Waals surface area contributed by atoms with Crippen molar-refractivity contribution < 1.29 is 4.79 Å². The van der Waals surface area contributed by atoms with E-state index in [-0.39, 0.29) is 5.91 Å². The Balaban J connectivity index is 1.78. The maximum Gasteiger partial charge on any atom is 0.224 e. The highest BCUT2D eigenvalue weighted by Gasteiger charge is 2.20. The predicted octanol–water partition coefficient (Wildman–Crippen LogP) is 2.91. The molecule has 0 saturated heterocycles. The summed E-state index contributed by atoms with van der Waals surface area (Å²) in [5.41, 5.74) is 3.13. The number of amides is 1. The largest absolute Gasteiger partial charge is 0.356 e. The maximum absolute atomic E-state index is 12.1. The molecule has 1 aromatic rings. The lowest BCUT2D eigenvalue weighted by molar-refractivity contribution is -0.120. The summed E-state index contributed by atoms with van der Waals surface area (Å²) in [4.78, 5) is 12.1. The van der Waals surface area contributed by atoms with E-state index in [0.717, 1.165) is 29.4 Å². The molecule has 1 fully saturated rings. The zero-order chi connectivity index (χ0) is 15.4. The molecular weight excluding hydrogens is 262 g/mol. The van der Waals surface area contributed by atoms with E-state index < -0.39 is 0 Å². The molecule has 0 atom stereocenters. The molecule has 0 aromatic carbocycles. The number of aryl methyl sites for hydroxylation is 2. The van der Waals surface area contributed by atoms with E-state index in [0.29, 0.717) is 12.3 Å². The van der Waals surface area contributed by atoms with Crippen molar-refractivity contribution in [1.29, 1.82) is 0 Å². The van der Waals surface area contributed by atoms with Crippen LogP contribution in [0, 0.1) is 25.7 Å². The summed E-state index contributed by atoms with van der Waals surface area (Å²) in [5, 5.41) is 7.49. The van der Waals surface area contributed by atoms with E-state index in [9.17, 15) is 4.79 Å². The molecule has 1 aliphatic carbocycles. The fraction of sp³-hybridized carbons (Fsp3) is 0.765. The van der Waals surface area contributed by atoms with Gasteiger partial charge in [-0.25, -0.2) is 0 Å². The average molecular weight is 291 g/mol. The van der Waals surface area contributed by atoms with Gasteiger partial charge in [-0.3, -0.25) is 9.48 Å². The Labute approximate surface area is 128 Å². The van der Waals surface area contributed by atoms with Gasteiger partial charge in [0.1, 0.15) is 0 Å². The van der Waals surface area contributed by atoms with Crippen molar-refractivity contribution in [2.24, 2.45) is 18.9 Å². The third-order valence-electron chi connectivity index (χ3n) is 5.13. The van der Waals surface area contributed by atoms with Crippen molar-refractivity contribution >= 4 is 5.91 Å². The molecule has 1 aromatic heterocycles. The molecule has 1 heterocycles. The highest BCUT2D eigenvalue weighted by atomic mass is 16.1. The van der Waals surface area contributed by atoms with E-state index in [1.807, 2.05) is 25.6 Å². The molecule has 1 amide bonds. The van der Waals surface area contributed by atoms with Crippen LogP contribution in [0.15, 0.2) is 0 Å². The number of hydrogen-bond donors (Lipinski definition) is 1. The van der Waals surface area contributed by atoms with E-state index in [2.05, 4.69) is 17.3 Å². The molecule has 0 spiro atoms. The minimum Gasteiger partial charge on any atom is -0.356 e. The summed E-state index contributed by atoms with van der Waals surface area (Å²) in [5.74, 6) is 1.72. The van der Waals surface area contributed by atoms with Crippen molar-refractivity contribution in [3.63, 3.8) is 0 Å². The number of carbonyl (C=O) groups is 1. The molecule has 21 heavy (non-hydrogen) atoms. The van der Waals surface area contributed by atoms with Gasteiger partial charge in [0.25, 0.3) is 0 Å². The first-order valence-electron chi connectivity index (χ1n) is 8.27. The lowest BCUT2D eigenvalue weighted by Crippen LogP contribution is -2.32. The van der Waals surface area contributed by atoms with Crippen LogP contribution in [0.25, 0.3) is 0 Å². The highest BCUT2D eigenvalue weighted by Crippen LogP contribution is 2.30. The number of rotatable bonds is 5. The Morgan fingerprint density at radius 3 is 2.38 bits per heavy atom. The number of nitrogens with zero attached hydrogens (tertiary/aromatic N) is 2. The van der Waals surface area contributed by atoms with Crippen LogP contribution in [0.4, 0.5) is 0 Å². The Morgan fingerprint density at radius 1 is 1.24 bits per heavy atom. The predicted molar refractivity (Wildman–Crippen MR) is 85.1 cm³/mol. The number of carbonyl (C=O) groups excluding carboxylic acids is 1. The SMILES string of the molecule is CCC1CCC(CNC(=O)Cc2c(C)nn(C)c2C)CC1. The lowest BCUT2D eigenvalue weighted by atomic mass is 9.81. The normalized spacial score (nSPS) is 22.3. The van der Waals surface area contributed by atoms with Gasteiger partial charge < -0.3 is 5.32 Å². The maximum atomic E-state index is 12.1. The van der Waals surface area contributed by atoms with Crippen LogP contribution in [-0.4, -0.2) is 22.2 Å². The molecule has 1 N–H and O–H groups in total. The first kappa shape index (κ1) is 16.1. The molecule has 2 rings (SSSR count). The summed E-state index contributed by atoms with van der Waals surface area (Å²) in [6.07, 6.45) is 6.96. The standard InChI is InChI=1S/C17H29N3O/c1-5-14-6-8-15(9-7-14)11-18-17(21)10-16-12(2)19-20(4)13(16)3/h14-15H,5-11H2,1-4H3,(H,18,21). The van der Waals surface area contributed by atoms with E-state index in [4.69, 9.17) is 0 Å². The van der Waals surface area contributed by atoms with Crippen LogP contribution in [0.3, 0.4) is 0 Å². The minimum atomic E-state index is 0.131. The third-order valence-corrected chi connectivity index (χ3v) is 5.13. The molecule has 4 heteroatoms. The Kier molecular flexibility index (Phi) is 5.43. The summed E-state index contributed by atoms with van der Waals surface area (Å²) < 4.78 is 1.85. The third kappa shape index (κ3) is 4.08. The van der Waals surface area contributed by atoms with Gasteiger partial charge in [0.15, 0.2) is 0 Å². The first-order chi connectivity index (χ1) is 10.0. The zero-order valence-corrected chi connectivity index (χ0v) is 13.9. The quantitative estimate of drug-likeness (QED) is 0.906. The molecule has 0 unspecified atom stereocenters. The molecule has 0 radical (unpaired) electrons. The van der Waals surface area contributed by atoms with E-state index >= 15 is 0 Å². The second kappa shape index (κ2) is 7.10. The van der Waals surface area contributed by atoms with Crippen LogP contribution in [-0.2, 0) is 18.3 Å². The van der Waals surface area contributed by atoms with Crippen molar-refractivity contribution in [2.75, 3.05) is 6.54 Å². The zero-order valence-electron chi connectivity index (χ0n) is 13.9. The van der Waals surface area contributed by atoms with Crippen molar-refractivity contribution in [3.05, 3.63) is 17.0 Å². The summed E-state index contributed by atoms with van der Waals surface area (Å²) in [6, 6.07) is 0. The van der Waals surface area contributed by atoms with Gasteiger partial charge in [-0.1, -0.05) is 26.2 Å². The number of aromatic nitrogens is 2. The average Bonchev–Trinajstić information content (AvgIpc) is 2.72. The first-order valence-corrected chi connectivity index (χ1v) is 8.27. The Morgan fingerprint density at radius 2 is 1.86 bits per heavy atom. The Hall–Kier alpha value is -1.32. The molecular formula is C17H29N3O. The van der Waals surface area contributed by atoms with Gasteiger partial charge >= 0.3 is 0 Å². The Bertz CT molecular complexity index is 484.